The van der Waals surface area contributed by atoms with Gasteiger partial charge in [0.15, 0.2) is 0 Å². The van der Waals surface area contributed by atoms with E-state index in [1.807, 2.05) is 68.7 Å². The SMILES string of the molecule is CN(C)Cc1cccc(C(=O)NCc2ccccc2)c1. The molecule has 1 N–H and O–H groups in total. The smallest absolute Gasteiger partial charge is 0.251 e. The molecule has 0 aliphatic rings. The molecule has 0 aliphatic heterocycles. The first kappa shape index (κ1) is 14.3. The number of nitrogens with one attached hydrogen (secondary N) is 1. The third-order valence-corrected chi connectivity index (χ3v) is 2.98. The summed E-state index contributed by atoms with van der Waals surface area (Å²) in [5, 5.41) is 2.94. The van der Waals surface area contributed by atoms with E-state index in [-0.39, 0.29) is 5.91 Å². The van der Waals surface area contributed by atoms with E-state index in [9.17, 15) is 4.79 Å². The Morgan fingerprint density at radius 2 is 1.70 bits per heavy atom. The second kappa shape index (κ2) is 6.87. The third kappa shape index (κ3) is 4.21. The summed E-state index contributed by atoms with van der Waals surface area (Å²) in [6.45, 7) is 1.39. The number of nitrogens with zero attached hydrogens (tertiary/aromatic N) is 1. The van der Waals surface area contributed by atoms with Gasteiger partial charge < -0.3 is 10.2 Å². The Labute approximate surface area is 120 Å². The highest BCUT2D eigenvalue weighted by Crippen LogP contribution is 2.07. The predicted octanol–water partition coefficient (Wildman–Crippen LogP) is 2.68. The van der Waals surface area contributed by atoms with Gasteiger partial charge in [-0.05, 0) is 37.4 Å². The lowest BCUT2D eigenvalue weighted by Crippen LogP contribution is -2.23. The monoisotopic (exact) mass is 268 g/mol. The zero-order chi connectivity index (χ0) is 14.4. The molecule has 0 spiro atoms. The zero-order valence-corrected chi connectivity index (χ0v) is 12.0. The van der Waals surface area contributed by atoms with Gasteiger partial charge in [0.2, 0.25) is 0 Å². The van der Waals surface area contributed by atoms with E-state index < -0.39 is 0 Å². The Morgan fingerprint density at radius 1 is 1.00 bits per heavy atom. The van der Waals surface area contributed by atoms with E-state index in [2.05, 4.69) is 10.2 Å². The standard InChI is InChI=1S/C17H20N2O/c1-19(2)13-15-9-6-10-16(11-15)17(20)18-12-14-7-4-3-5-8-14/h3-11H,12-13H2,1-2H3,(H,18,20). The van der Waals surface area contributed by atoms with Crippen molar-refractivity contribution in [2.75, 3.05) is 14.1 Å². The summed E-state index contributed by atoms with van der Waals surface area (Å²) in [5.41, 5.74) is 2.95. The normalized spacial score (nSPS) is 10.6. The van der Waals surface area contributed by atoms with Gasteiger partial charge in [-0.3, -0.25) is 4.79 Å². The number of amides is 1. The van der Waals surface area contributed by atoms with Gasteiger partial charge in [-0.1, -0.05) is 42.5 Å². The predicted molar refractivity (Wildman–Crippen MR) is 81.4 cm³/mol. The second-order valence-electron chi connectivity index (χ2n) is 5.11. The summed E-state index contributed by atoms with van der Waals surface area (Å²) in [4.78, 5) is 14.2. The van der Waals surface area contributed by atoms with Crippen LogP contribution in [0.3, 0.4) is 0 Å². The fourth-order valence-electron chi connectivity index (χ4n) is 2.06. The van der Waals surface area contributed by atoms with Gasteiger partial charge >= 0.3 is 0 Å². The molecular weight excluding hydrogens is 248 g/mol. The van der Waals surface area contributed by atoms with E-state index in [1.165, 1.54) is 0 Å². The van der Waals surface area contributed by atoms with Crippen molar-refractivity contribution in [3.05, 3.63) is 71.3 Å². The van der Waals surface area contributed by atoms with Crippen LogP contribution in [0.2, 0.25) is 0 Å². The lowest BCUT2D eigenvalue weighted by molar-refractivity contribution is 0.0950. The van der Waals surface area contributed by atoms with Crippen molar-refractivity contribution in [3.63, 3.8) is 0 Å². The highest BCUT2D eigenvalue weighted by atomic mass is 16.1. The van der Waals surface area contributed by atoms with Crippen molar-refractivity contribution in [2.24, 2.45) is 0 Å². The molecule has 0 fully saturated rings. The number of carbonyl (C=O) groups is 1. The van der Waals surface area contributed by atoms with Crippen LogP contribution in [-0.4, -0.2) is 24.9 Å². The number of benzene rings is 2. The maximum Gasteiger partial charge on any atom is 0.251 e. The van der Waals surface area contributed by atoms with Crippen molar-refractivity contribution in [2.45, 2.75) is 13.1 Å². The molecule has 0 aromatic heterocycles. The molecule has 0 bridgehead atoms. The van der Waals surface area contributed by atoms with Crippen molar-refractivity contribution in [3.8, 4) is 0 Å². The fraction of sp³-hybridized carbons (Fsp3) is 0.235. The lowest BCUT2D eigenvalue weighted by atomic mass is 10.1. The Bertz CT molecular complexity index is 564. The van der Waals surface area contributed by atoms with Gasteiger partial charge in [0.1, 0.15) is 0 Å². The molecule has 2 rings (SSSR count). The average Bonchev–Trinajstić information content (AvgIpc) is 2.45. The molecule has 0 saturated carbocycles. The Hall–Kier alpha value is -2.13. The zero-order valence-electron chi connectivity index (χ0n) is 12.0. The Kier molecular flexibility index (Phi) is 4.91. The maximum absolute atomic E-state index is 12.1. The number of hydrogen-bond donors (Lipinski definition) is 1. The van der Waals surface area contributed by atoms with Gasteiger partial charge in [-0.15, -0.1) is 0 Å². The van der Waals surface area contributed by atoms with Crippen molar-refractivity contribution >= 4 is 5.91 Å². The van der Waals surface area contributed by atoms with Crippen LogP contribution in [-0.2, 0) is 13.1 Å². The largest absolute Gasteiger partial charge is 0.348 e. The van der Waals surface area contributed by atoms with Gasteiger partial charge in [0.25, 0.3) is 5.91 Å². The molecular formula is C17H20N2O. The van der Waals surface area contributed by atoms with Crippen LogP contribution < -0.4 is 5.32 Å². The van der Waals surface area contributed by atoms with E-state index in [0.29, 0.717) is 12.1 Å². The molecule has 0 aliphatic carbocycles. The summed E-state index contributed by atoms with van der Waals surface area (Å²) in [6, 6.07) is 17.7. The first-order valence-corrected chi connectivity index (χ1v) is 6.71. The third-order valence-electron chi connectivity index (χ3n) is 2.98. The second-order valence-corrected chi connectivity index (χ2v) is 5.11. The first-order chi connectivity index (χ1) is 9.65. The fourth-order valence-corrected chi connectivity index (χ4v) is 2.06. The molecule has 2 aromatic rings. The van der Waals surface area contributed by atoms with Gasteiger partial charge in [0, 0.05) is 18.7 Å². The first-order valence-electron chi connectivity index (χ1n) is 6.71. The number of carbonyl (C=O) groups excluding carboxylic acids is 1. The van der Waals surface area contributed by atoms with Crippen LogP contribution in [0.1, 0.15) is 21.5 Å². The Morgan fingerprint density at radius 3 is 2.40 bits per heavy atom. The van der Waals surface area contributed by atoms with Crippen LogP contribution in [0, 0.1) is 0 Å². The van der Waals surface area contributed by atoms with E-state index in [1.54, 1.807) is 0 Å². The summed E-state index contributed by atoms with van der Waals surface area (Å²) in [5.74, 6) is -0.0329. The minimum atomic E-state index is -0.0329. The Balaban J connectivity index is 1.98. The number of hydrogen-bond acceptors (Lipinski definition) is 2. The molecule has 0 saturated heterocycles. The lowest BCUT2D eigenvalue weighted by Gasteiger charge is -2.11. The van der Waals surface area contributed by atoms with Crippen molar-refractivity contribution in [1.82, 2.24) is 10.2 Å². The van der Waals surface area contributed by atoms with Crippen molar-refractivity contribution < 1.29 is 4.79 Å². The van der Waals surface area contributed by atoms with Crippen LogP contribution in [0.5, 0.6) is 0 Å². The van der Waals surface area contributed by atoms with E-state index in [4.69, 9.17) is 0 Å². The van der Waals surface area contributed by atoms with Gasteiger partial charge in [-0.2, -0.15) is 0 Å². The van der Waals surface area contributed by atoms with E-state index in [0.717, 1.165) is 17.7 Å². The molecule has 20 heavy (non-hydrogen) atoms. The van der Waals surface area contributed by atoms with Crippen LogP contribution >= 0.6 is 0 Å². The topological polar surface area (TPSA) is 32.3 Å². The summed E-state index contributed by atoms with van der Waals surface area (Å²) in [6.07, 6.45) is 0. The summed E-state index contributed by atoms with van der Waals surface area (Å²) < 4.78 is 0. The van der Waals surface area contributed by atoms with Crippen molar-refractivity contribution in [1.29, 1.82) is 0 Å². The van der Waals surface area contributed by atoms with Gasteiger partial charge in [-0.25, -0.2) is 0 Å². The summed E-state index contributed by atoms with van der Waals surface area (Å²) in [7, 11) is 4.03. The molecule has 2 aromatic carbocycles. The van der Waals surface area contributed by atoms with Crippen LogP contribution in [0.25, 0.3) is 0 Å². The molecule has 3 nitrogen and oxygen atoms in total. The average molecular weight is 268 g/mol. The highest BCUT2D eigenvalue weighted by Gasteiger charge is 2.06. The minimum Gasteiger partial charge on any atom is -0.348 e. The molecule has 104 valence electrons. The number of rotatable bonds is 5. The summed E-state index contributed by atoms with van der Waals surface area (Å²) >= 11 is 0. The molecule has 0 heterocycles. The highest BCUT2D eigenvalue weighted by molar-refractivity contribution is 5.94. The molecule has 0 radical (unpaired) electrons. The molecule has 0 unspecified atom stereocenters. The van der Waals surface area contributed by atoms with Gasteiger partial charge in [0.05, 0.1) is 0 Å². The molecule has 1 amide bonds. The van der Waals surface area contributed by atoms with Crippen LogP contribution in [0.4, 0.5) is 0 Å². The molecule has 3 heteroatoms. The van der Waals surface area contributed by atoms with E-state index >= 15 is 0 Å². The molecule has 0 atom stereocenters. The van der Waals surface area contributed by atoms with Crippen LogP contribution in [0.15, 0.2) is 54.6 Å². The quantitative estimate of drug-likeness (QED) is 0.904. The minimum absolute atomic E-state index is 0.0329. The maximum atomic E-state index is 12.1.